The summed E-state index contributed by atoms with van der Waals surface area (Å²) in [6, 6.07) is 23.5. The smallest absolute Gasteiger partial charge is 0.0719 e. The number of rotatable bonds is 2. The van der Waals surface area contributed by atoms with E-state index in [1.54, 1.807) is 0 Å². The van der Waals surface area contributed by atoms with Crippen LogP contribution in [0.15, 0.2) is 72.9 Å². The van der Waals surface area contributed by atoms with Gasteiger partial charge in [-0.05, 0) is 46.5 Å². The van der Waals surface area contributed by atoms with Crippen molar-refractivity contribution in [1.29, 1.82) is 0 Å². The molecule has 0 N–H and O–H groups in total. The van der Waals surface area contributed by atoms with Gasteiger partial charge >= 0.3 is 0 Å². The first-order valence-corrected chi connectivity index (χ1v) is 9.63. The van der Waals surface area contributed by atoms with E-state index in [0.29, 0.717) is 0 Å². The maximum absolute atomic E-state index is 8.34. The Bertz CT molecular complexity index is 1310. The average molecular weight is 354 g/mol. The molecule has 0 spiro atoms. The highest BCUT2D eigenvalue weighted by atomic mass is 32.1. The molecule has 0 unspecified atom stereocenters. The van der Waals surface area contributed by atoms with Gasteiger partial charge in [-0.3, -0.25) is 4.98 Å². The van der Waals surface area contributed by atoms with Gasteiger partial charge in [-0.2, -0.15) is 0 Å². The van der Waals surface area contributed by atoms with Gasteiger partial charge in [0.05, 0.1) is 5.69 Å². The van der Waals surface area contributed by atoms with Crippen molar-refractivity contribution < 1.29 is 1.37 Å². The maximum atomic E-state index is 8.34. The minimum absolute atomic E-state index is 0.635. The number of hydrogen-bond donors (Lipinski definition) is 0. The molecule has 26 heavy (non-hydrogen) atoms. The fourth-order valence-corrected chi connectivity index (χ4v) is 4.83. The largest absolute Gasteiger partial charge is 0.256 e. The van der Waals surface area contributed by atoms with Gasteiger partial charge in [0, 0.05) is 33.3 Å². The molecule has 0 amide bonds. The van der Waals surface area contributed by atoms with E-state index in [0.717, 1.165) is 16.8 Å². The van der Waals surface area contributed by atoms with Gasteiger partial charge < -0.3 is 0 Å². The quantitative estimate of drug-likeness (QED) is 0.322. The van der Waals surface area contributed by atoms with Crippen molar-refractivity contribution in [3.63, 3.8) is 0 Å². The SMILES string of the molecule is [2H]C(C)(C)c1ccnc(-c2cccc3c2sc2cc4ccccc4cc23)c1. The second kappa shape index (κ2) is 5.93. The predicted molar refractivity (Wildman–Crippen MR) is 114 cm³/mol. The molecule has 2 aromatic heterocycles. The molecule has 5 rings (SSSR count). The number of thiophene rings is 1. The maximum Gasteiger partial charge on any atom is 0.0719 e. The Morgan fingerprint density at radius 3 is 2.50 bits per heavy atom. The third-order valence-corrected chi connectivity index (χ3v) is 6.18. The lowest BCUT2D eigenvalue weighted by Gasteiger charge is -2.08. The summed E-state index contributed by atoms with van der Waals surface area (Å²) in [7, 11) is 0. The number of pyridine rings is 1. The van der Waals surface area contributed by atoms with Crippen molar-refractivity contribution in [1.82, 2.24) is 4.98 Å². The molecule has 3 aromatic carbocycles. The van der Waals surface area contributed by atoms with Crippen molar-refractivity contribution in [2.24, 2.45) is 0 Å². The summed E-state index contributed by atoms with van der Waals surface area (Å²) in [6.07, 6.45) is 1.82. The first kappa shape index (κ1) is 14.5. The number of hydrogen-bond acceptors (Lipinski definition) is 2. The monoisotopic (exact) mass is 354 g/mol. The Hall–Kier alpha value is -2.71. The summed E-state index contributed by atoms with van der Waals surface area (Å²) in [5.74, 6) is -0.635. The van der Waals surface area contributed by atoms with Gasteiger partial charge in [-0.25, -0.2) is 0 Å². The van der Waals surface area contributed by atoms with E-state index in [9.17, 15) is 0 Å². The summed E-state index contributed by atoms with van der Waals surface area (Å²) < 4.78 is 10.9. The molecule has 2 heteroatoms. The fourth-order valence-electron chi connectivity index (χ4n) is 3.57. The number of nitrogens with zero attached hydrogens (tertiary/aromatic N) is 1. The van der Waals surface area contributed by atoms with Gasteiger partial charge in [-0.1, -0.05) is 56.3 Å². The second-order valence-corrected chi connectivity index (χ2v) is 7.96. The van der Waals surface area contributed by atoms with Gasteiger partial charge in [0.1, 0.15) is 0 Å². The standard InChI is InChI=1S/C24H19NS/c1-15(2)16-10-11-25-22(13-16)20-9-5-8-19-21-12-17-6-3-4-7-18(17)14-23(21)26-24(19)20/h3-15H,1-2H3/i15D. The zero-order valence-corrected chi connectivity index (χ0v) is 15.6. The fraction of sp³-hybridized carbons (Fsp3) is 0.125. The molecule has 126 valence electrons. The molecule has 0 aliphatic carbocycles. The van der Waals surface area contributed by atoms with Gasteiger partial charge in [0.15, 0.2) is 0 Å². The predicted octanol–water partition coefficient (Wildman–Crippen LogP) is 7.39. The van der Waals surface area contributed by atoms with E-state index >= 15 is 0 Å². The van der Waals surface area contributed by atoms with Gasteiger partial charge in [0.25, 0.3) is 0 Å². The normalized spacial score (nSPS) is 12.8. The zero-order chi connectivity index (χ0) is 18.6. The zero-order valence-electron chi connectivity index (χ0n) is 15.8. The molecule has 0 radical (unpaired) electrons. The topological polar surface area (TPSA) is 12.9 Å². The van der Waals surface area contributed by atoms with Crippen LogP contribution in [0.3, 0.4) is 0 Å². The lowest BCUT2D eigenvalue weighted by molar-refractivity contribution is 0.864. The van der Waals surface area contributed by atoms with Crippen LogP contribution in [0.2, 0.25) is 0 Å². The Kier molecular flexibility index (Phi) is 3.30. The third kappa shape index (κ3) is 2.41. The molecule has 5 aromatic rings. The summed E-state index contributed by atoms with van der Waals surface area (Å²) in [6.45, 7) is 3.83. The van der Waals surface area contributed by atoms with E-state index < -0.39 is 5.89 Å². The number of benzene rings is 3. The highest BCUT2D eigenvalue weighted by molar-refractivity contribution is 7.26. The van der Waals surface area contributed by atoms with Gasteiger partial charge in [0.2, 0.25) is 0 Å². The summed E-state index contributed by atoms with van der Waals surface area (Å²) in [4.78, 5) is 4.62. The summed E-state index contributed by atoms with van der Waals surface area (Å²) >= 11 is 1.82. The minimum Gasteiger partial charge on any atom is -0.256 e. The highest BCUT2D eigenvalue weighted by Gasteiger charge is 2.12. The molecule has 0 atom stereocenters. The van der Waals surface area contributed by atoms with Crippen molar-refractivity contribution in [2.75, 3.05) is 0 Å². The molecule has 2 heterocycles. The van der Waals surface area contributed by atoms with Crippen LogP contribution < -0.4 is 0 Å². The van der Waals surface area contributed by atoms with Crippen molar-refractivity contribution in [2.45, 2.75) is 19.7 Å². The lowest BCUT2D eigenvalue weighted by Crippen LogP contribution is -1.90. The van der Waals surface area contributed by atoms with Crippen LogP contribution in [-0.4, -0.2) is 4.98 Å². The van der Waals surface area contributed by atoms with Crippen molar-refractivity contribution >= 4 is 42.3 Å². The van der Waals surface area contributed by atoms with Crippen LogP contribution in [0, 0.1) is 0 Å². The van der Waals surface area contributed by atoms with Gasteiger partial charge in [-0.15, -0.1) is 11.3 Å². The molecule has 0 saturated heterocycles. The van der Waals surface area contributed by atoms with E-state index in [1.807, 2.05) is 37.4 Å². The molecular weight excluding hydrogens is 334 g/mol. The van der Waals surface area contributed by atoms with E-state index in [1.165, 1.54) is 30.9 Å². The molecule has 0 bridgehead atoms. The van der Waals surface area contributed by atoms with Crippen LogP contribution in [-0.2, 0) is 0 Å². The Morgan fingerprint density at radius 1 is 0.885 bits per heavy atom. The van der Waals surface area contributed by atoms with Crippen molar-refractivity contribution in [3.05, 3.63) is 78.5 Å². The highest BCUT2D eigenvalue weighted by Crippen LogP contribution is 2.41. The van der Waals surface area contributed by atoms with E-state index in [2.05, 4.69) is 65.6 Å². The van der Waals surface area contributed by atoms with Crippen LogP contribution in [0.5, 0.6) is 0 Å². The Balaban J connectivity index is 1.80. The van der Waals surface area contributed by atoms with Crippen molar-refractivity contribution in [3.8, 4) is 11.3 Å². The molecule has 0 saturated carbocycles. The Morgan fingerprint density at radius 2 is 1.69 bits per heavy atom. The lowest BCUT2D eigenvalue weighted by atomic mass is 10.0. The van der Waals surface area contributed by atoms with Crippen LogP contribution in [0.4, 0.5) is 0 Å². The van der Waals surface area contributed by atoms with Crippen LogP contribution in [0.1, 0.15) is 26.7 Å². The first-order valence-electron chi connectivity index (χ1n) is 9.32. The minimum atomic E-state index is -0.635. The summed E-state index contributed by atoms with van der Waals surface area (Å²) in [5.41, 5.74) is 3.06. The summed E-state index contributed by atoms with van der Waals surface area (Å²) in [5, 5.41) is 5.11. The molecule has 0 aliphatic rings. The average Bonchev–Trinajstić information content (AvgIpc) is 3.03. The third-order valence-electron chi connectivity index (χ3n) is 4.98. The molecule has 1 nitrogen and oxygen atoms in total. The van der Waals surface area contributed by atoms with E-state index in [4.69, 9.17) is 1.37 Å². The van der Waals surface area contributed by atoms with E-state index in [-0.39, 0.29) is 0 Å². The number of aromatic nitrogens is 1. The number of fused-ring (bicyclic) bond motifs is 4. The van der Waals surface area contributed by atoms with Crippen LogP contribution in [0.25, 0.3) is 42.2 Å². The first-order chi connectivity index (χ1) is 13.0. The van der Waals surface area contributed by atoms with Crippen LogP contribution >= 0.6 is 11.3 Å². The second-order valence-electron chi connectivity index (χ2n) is 6.91. The molecule has 0 fully saturated rings. The Labute approximate surface area is 158 Å². The molecular formula is C24H19NS. The molecule has 0 aliphatic heterocycles.